The Balaban J connectivity index is 2.01. The van der Waals surface area contributed by atoms with Gasteiger partial charge in [0.25, 0.3) is 0 Å². The summed E-state index contributed by atoms with van der Waals surface area (Å²) in [5.74, 6) is 0. The van der Waals surface area contributed by atoms with Gasteiger partial charge in [-0.15, -0.1) is 11.3 Å². The first-order valence-electron chi connectivity index (χ1n) is 7.17. The molecular weight excluding hydrogens is 240 g/mol. The predicted molar refractivity (Wildman–Crippen MR) is 80.1 cm³/mol. The fourth-order valence-electron chi connectivity index (χ4n) is 2.83. The molecule has 0 amide bonds. The summed E-state index contributed by atoms with van der Waals surface area (Å²) >= 11 is 1.87. The van der Waals surface area contributed by atoms with Gasteiger partial charge in [0.05, 0.1) is 0 Å². The van der Waals surface area contributed by atoms with Crippen LogP contribution in [0.15, 0.2) is 17.5 Å². The molecule has 102 valence electrons. The molecule has 0 aromatic carbocycles. The van der Waals surface area contributed by atoms with Crippen molar-refractivity contribution in [3.63, 3.8) is 0 Å². The Morgan fingerprint density at radius 2 is 2.33 bits per heavy atom. The Kier molecular flexibility index (Phi) is 4.82. The Bertz CT molecular complexity index is 339. The van der Waals surface area contributed by atoms with Gasteiger partial charge in [-0.3, -0.25) is 4.90 Å². The highest BCUT2D eigenvalue weighted by molar-refractivity contribution is 7.09. The van der Waals surface area contributed by atoms with Gasteiger partial charge in [0, 0.05) is 29.5 Å². The van der Waals surface area contributed by atoms with Gasteiger partial charge >= 0.3 is 0 Å². The third kappa shape index (κ3) is 3.34. The minimum Gasteiger partial charge on any atom is -0.310 e. The molecule has 1 aliphatic heterocycles. The van der Waals surface area contributed by atoms with Gasteiger partial charge in [0.2, 0.25) is 0 Å². The highest BCUT2D eigenvalue weighted by atomic mass is 32.1. The van der Waals surface area contributed by atoms with Crippen molar-refractivity contribution in [3.05, 3.63) is 22.4 Å². The molecule has 1 saturated heterocycles. The lowest BCUT2D eigenvalue weighted by atomic mass is 9.93. The lowest BCUT2D eigenvalue weighted by molar-refractivity contribution is 0.148. The van der Waals surface area contributed by atoms with Crippen molar-refractivity contribution in [2.24, 2.45) is 0 Å². The summed E-state index contributed by atoms with van der Waals surface area (Å²) in [5.41, 5.74) is 0.363. The first kappa shape index (κ1) is 14.0. The second kappa shape index (κ2) is 6.18. The van der Waals surface area contributed by atoms with Crippen molar-refractivity contribution in [1.29, 1.82) is 0 Å². The van der Waals surface area contributed by atoms with E-state index in [1.165, 1.54) is 37.2 Å². The molecule has 18 heavy (non-hydrogen) atoms. The number of nitrogens with zero attached hydrogens (tertiary/aromatic N) is 1. The Hall–Kier alpha value is -0.380. The SMILES string of the molecule is CCC1(CN(Cc2cccs2)C(C)C)CCCN1. The van der Waals surface area contributed by atoms with Crippen molar-refractivity contribution in [2.45, 2.75) is 58.2 Å². The second-order valence-corrected chi connectivity index (χ2v) is 6.77. The van der Waals surface area contributed by atoms with E-state index in [4.69, 9.17) is 0 Å². The van der Waals surface area contributed by atoms with E-state index in [-0.39, 0.29) is 0 Å². The van der Waals surface area contributed by atoms with Gasteiger partial charge in [0.1, 0.15) is 0 Å². The molecule has 1 aliphatic rings. The molecular formula is C15H26N2S. The van der Waals surface area contributed by atoms with Gasteiger partial charge in [-0.1, -0.05) is 13.0 Å². The molecule has 1 aromatic heterocycles. The van der Waals surface area contributed by atoms with Crippen molar-refractivity contribution in [1.82, 2.24) is 10.2 Å². The summed E-state index contributed by atoms with van der Waals surface area (Å²) in [7, 11) is 0. The molecule has 0 radical (unpaired) electrons. The van der Waals surface area contributed by atoms with Crippen molar-refractivity contribution >= 4 is 11.3 Å². The fourth-order valence-corrected chi connectivity index (χ4v) is 3.56. The Labute approximate surface area is 115 Å². The van der Waals surface area contributed by atoms with Crippen LogP contribution in [0.25, 0.3) is 0 Å². The van der Waals surface area contributed by atoms with Crippen LogP contribution in [0.4, 0.5) is 0 Å². The number of nitrogens with one attached hydrogen (secondary N) is 1. The van der Waals surface area contributed by atoms with E-state index in [1.807, 2.05) is 11.3 Å². The molecule has 1 unspecified atom stereocenters. The quantitative estimate of drug-likeness (QED) is 0.848. The van der Waals surface area contributed by atoms with Crippen LogP contribution >= 0.6 is 11.3 Å². The zero-order chi connectivity index (χ0) is 13.0. The Morgan fingerprint density at radius 3 is 2.83 bits per heavy atom. The van der Waals surface area contributed by atoms with Crippen molar-refractivity contribution in [3.8, 4) is 0 Å². The van der Waals surface area contributed by atoms with Crippen LogP contribution in [-0.4, -0.2) is 29.6 Å². The summed E-state index contributed by atoms with van der Waals surface area (Å²) in [5, 5.41) is 5.92. The average molecular weight is 266 g/mol. The summed E-state index contributed by atoms with van der Waals surface area (Å²) in [4.78, 5) is 4.10. The summed E-state index contributed by atoms with van der Waals surface area (Å²) in [6.45, 7) is 10.4. The van der Waals surface area contributed by atoms with Gasteiger partial charge in [0.15, 0.2) is 0 Å². The van der Waals surface area contributed by atoms with E-state index in [0.29, 0.717) is 11.6 Å². The molecule has 0 bridgehead atoms. The van der Waals surface area contributed by atoms with Crippen LogP contribution in [0.3, 0.4) is 0 Å². The molecule has 2 rings (SSSR count). The zero-order valence-corrected chi connectivity index (χ0v) is 12.7. The molecule has 2 nitrogen and oxygen atoms in total. The Morgan fingerprint density at radius 1 is 1.50 bits per heavy atom. The van der Waals surface area contributed by atoms with E-state index in [0.717, 1.165) is 6.54 Å². The van der Waals surface area contributed by atoms with Gasteiger partial charge in [-0.2, -0.15) is 0 Å². The number of hydrogen-bond donors (Lipinski definition) is 1. The maximum atomic E-state index is 3.75. The maximum Gasteiger partial charge on any atom is 0.0331 e. The average Bonchev–Trinajstić information content (AvgIpc) is 3.00. The highest BCUT2D eigenvalue weighted by Crippen LogP contribution is 2.26. The topological polar surface area (TPSA) is 15.3 Å². The van der Waals surface area contributed by atoms with E-state index < -0.39 is 0 Å². The number of rotatable bonds is 6. The standard InChI is InChI=1S/C15H26N2S/c1-4-15(8-6-9-16-15)12-17(13(2)3)11-14-7-5-10-18-14/h5,7,10,13,16H,4,6,8-9,11-12H2,1-3H3. The van der Waals surface area contributed by atoms with E-state index in [9.17, 15) is 0 Å². The largest absolute Gasteiger partial charge is 0.310 e. The molecule has 1 aromatic rings. The number of hydrogen-bond acceptors (Lipinski definition) is 3. The van der Waals surface area contributed by atoms with Crippen molar-refractivity contribution < 1.29 is 0 Å². The van der Waals surface area contributed by atoms with E-state index in [2.05, 4.69) is 48.5 Å². The van der Waals surface area contributed by atoms with Crippen LogP contribution in [0.2, 0.25) is 0 Å². The lowest BCUT2D eigenvalue weighted by Crippen LogP contribution is -2.50. The zero-order valence-electron chi connectivity index (χ0n) is 11.9. The van der Waals surface area contributed by atoms with Crippen LogP contribution < -0.4 is 5.32 Å². The smallest absolute Gasteiger partial charge is 0.0331 e. The highest BCUT2D eigenvalue weighted by Gasteiger charge is 2.33. The van der Waals surface area contributed by atoms with Crippen LogP contribution in [0.5, 0.6) is 0 Å². The van der Waals surface area contributed by atoms with Gasteiger partial charge in [-0.05, 0) is 51.1 Å². The van der Waals surface area contributed by atoms with Gasteiger partial charge in [-0.25, -0.2) is 0 Å². The van der Waals surface area contributed by atoms with Crippen LogP contribution in [0, 0.1) is 0 Å². The van der Waals surface area contributed by atoms with Gasteiger partial charge < -0.3 is 5.32 Å². The predicted octanol–water partition coefficient (Wildman–Crippen LogP) is 3.49. The molecule has 1 atom stereocenters. The van der Waals surface area contributed by atoms with Crippen LogP contribution in [-0.2, 0) is 6.54 Å². The van der Waals surface area contributed by atoms with Crippen LogP contribution in [0.1, 0.15) is 44.9 Å². The summed E-state index contributed by atoms with van der Waals surface area (Å²) in [6.07, 6.45) is 3.90. The monoisotopic (exact) mass is 266 g/mol. The normalized spacial score (nSPS) is 24.3. The number of thiophene rings is 1. The summed E-state index contributed by atoms with van der Waals surface area (Å²) in [6, 6.07) is 5.01. The molecule has 0 spiro atoms. The second-order valence-electron chi connectivity index (χ2n) is 5.74. The first-order chi connectivity index (χ1) is 8.65. The molecule has 2 heterocycles. The summed E-state index contributed by atoms with van der Waals surface area (Å²) < 4.78 is 0. The minimum absolute atomic E-state index is 0.363. The third-order valence-corrected chi connectivity index (χ3v) is 5.05. The molecule has 0 saturated carbocycles. The van der Waals surface area contributed by atoms with E-state index >= 15 is 0 Å². The van der Waals surface area contributed by atoms with E-state index in [1.54, 1.807) is 0 Å². The van der Waals surface area contributed by atoms with Crippen molar-refractivity contribution in [2.75, 3.05) is 13.1 Å². The maximum absolute atomic E-state index is 3.75. The molecule has 0 aliphatic carbocycles. The molecule has 1 fully saturated rings. The third-order valence-electron chi connectivity index (χ3n) is 4.18. The first-order valence-corrected chi connectivity index (χ1v) is 8.05. The minimum atomic E-state index is 0.363. The molecule has 3 heteroatoms. The fraction of sp³-hybridized carbons (Fsp3) is 0.733. The lowest BCUT2D eigenvalue weighted by Gasteiger charge is -2.37. The molecule has 1 N–H and O–H groups in total.